The van der Waals surface area contributed by atoms with Crippen LogP contribution in [0.25, 0.3) is 11.0 Å². The van der Waals surface area contributed by atoms with Gasteiger partial charge in [-0.1, -0.05) is 23.4 Å². The highest BCUT2D eigenvalue weighted by Crippen LogP contribution is 2.32. The molecule has 1 fully saturated rings. The number of thioether (sulfide) groups is 1. The van der Waals surface area contributed by atoms with Gasteiger partial charge >= 0.3 is 0 Å². The normalized spacial score (nSPS) is 18.5. The quantitative estimate of drug-likeness (QED) is 0.773. The Bertz CT molecular complexity index is 805. The molecule has 0 aliphatic carbocycles. The summed E-state index contributed by atoms with van der Waals surface area (Å²) in [6, 6.07) is 14.3. The van der Waals surface area contributed by atoms with E-state index in [1.807, 2.05) is 12.1 Å². The van der Waals surface area contributed by atoms with Crippen molar-refractivity contribution in [2.24, 2.45) is 0 Å². The molecular weight excluding hydrogens is 330 g/mol. The molecule has 2 heterocycles. The summed E-state index contributed by atoms with van der Waals surface area (Å²) in [5, 5.41) is 1.00. The minimum atomic E-state index is 0.241. The fourth-order valence-electron chi connectivity index (χ4n) is 2.75. The van der Waals surface area contributed by atoms with Gasteiger partial charge in [-0.15, -0.1) is 0 Å². The number of benzene rings is 2. The molecule has 1 unspecified atom stereocenters. The van der Waals surface area contributed by atoms with E-state index in [1.54, 1.807) is 18.1 Å². The monoisotopic (exact) mass is 345 g/mol. The van der Waals surface area contributed by atoms with Crippen molar-refractivity contribution in [2.45, 2.75) is 10.3 Å². The van der Waals surface area contributed by atoms with Crippen LogP contribution in [-0.2, 0) is 4.74 Å². The van der Waals surface area contributed by atoms with E-state index in [0.717, 1.165) is 29.2 Å². The first-order chi connectivity index (χ1) is 11.3. The summed E-state index contributed by atoms with van der Waals surface area (Å²) >= 11 is 7.77. The Balaban J connectivity index is 1.60. The Morgan fingerprint density at radius 3 is 2.96 bits per heavy atom. The van der Waals surface area contributed by atoms with Gasteiger partial charge in [0.2, 0.25) is 0 Å². The maximum absolute atomic E-state index is 5.97. The molecule has 1 atom stereocenters. The van der Waals surface area contributed by atoms with Gasteiger partial charge in [0.25, 0.3) is 0 Å². The standard InChI is InChI=1S/C17H16ClN3OS/c18-12-1-4-14(5-2-12)23-17-10-22-8-7-21(17)13-3-6-15-16(9-13)20-11-19-15/h1-6,9,11,17H,7-8,10H2,(H,19,20). The number of imidazole rings is 1. The number of fused-ring (bicyclic) bond motifs is 1. The third-order valence-corrected chi connectivity index (χ3v) is 5.36. The van der Waals surface area contributed by atoms with E-state index in [0.29, 0.717) is 6.61 Å². The Morgan fingerprint density at radius 1 is 1.22 bits per heavy atom. The van der Waals surface area contributed by atoms with Crippen molar-refractivity contribution >= 4 is 40.1 Å². The lowest BCUT2D eigenvalue weighted by molar-refractivity contribution is 0.115. The van der Waals surface area contributed by atoms with E-state index in [2.05, 4.69) is 45.2 Å². The number of nitrogens with one attached hydrogen (secondary N) is 1. The van der Waals surface area contributed by atoms with Gasteiger partial charge in [0.15, 0.2) is 0 Å². The fraction of sp³-hybridized carbons (Fsp3) is 0.235. The summed E-state index contributed by atoms with van der Waals surface area (Å²) in [4.78, 5) is 11.0. The van der Waals surface area contributed by atoms with Crippen LogP contribution in [0, 0.1) is 0 Å². The largest absolute Gasteiger partial charge is 0.377 e. The number of hydrogen-bond donors (Lipinski definition) is 1. The zero-order chi connectivity index (χ0) is 15.6. The number of aromatic nitrogens is 2. The first kappa shape index (κ1) is 14.9. The van der Waals surface area contributed by atoms with E-state index in [1.165, 1.54) is 10.6 Å². The predicted octanol–water partition coefficient (Wildman–Crippen LogP) is 4.17. The van der Waals surface area contributed by atoms with Crippen molar-refractivity contribution < 1.29 is 4.74 Å². The molecule has 0 amide bonds. The molecule has 118 valence electrons. The summed E-state index contributed by atoms with van der Waals surface area (Å²) in [6.07, 6.45) is 1.73. The second-order valence-corrected chi connectivity index (χ2v) is 7.09. The average molecular weight is 346 g/mol. The van der Waals surface area contributed by atoms with E-state index < -0.39 is 0 Å². The molecule has 23 heavy (non-hydrogen) atoms. The topological polar surface area (TPSA) is 41.1 Å². The molecule has 1 aromatic heterocycles. The van der Waals surface area contributed by atoms with Crippen LogP contribution in [0.2, 0.25) is 5.02 Å². The van der Waals surface area contributed by atoms with E-state index >= 15 is 0 Å². The number of nitrogens with zero attached hydrogens (tertiary/aromatic N) is 2. The molecule has 2 aromatic carbocycles. The summed E-state index contributed by atoms with van der Waals surface area (Å²) in [5.41, 5.74) is 3.24. The van der Waals surface area contributed by atoms with E-state index in [-0.39, 0.29) is 5.37 Å². The Hall–Kier alpha value is -1.69. The fourth-order valence-corrected chi connectivity index (χ4v) is 4.00. The van der Waals surface area contributed by atoms with E-state index in [9.17, 15) is 0 Å². The second-order valence-electron chi connectivity index (χ2n) is 5.40. The molecule has 0 saturated carbocycles. The maximum atomic E-state index is 5.97. The van der Waals surface area contributed by atoms with Crippen molar-refractivity contribution in [1.82, 2.24) is 9.97 Å². The first-order valence-electron chi connectivity index (χ1n) is 7.49. The maximum Gasteiger partial charge on any atom is 0.103 e. The first-order valence-corrected chi connectivity index (χ1v) is 8.75. The van der Waals surface area contributed by atoms with Crippen molar-refractivity contribution in [3.05, 3.63) is 53.8 Å². The zero-order valence-electron chi connectivity index (χ0n) is 12.4. The molecule has 1 aliphatic rings. The van der Waals surface area contributed by atoms with Crippen LogP contribution in [0.15, 0.2) is 53.7 Å². The molecule has 0 spiro atoms. The van der Waals surface area contributed by atoms with Gasteiger partial charge in [0.1, 0.15) is 5.37 Å². The summed E-state index contributed by atoms with van der Waals surface area (Å²) < 4.78 is 5.69. The van der Waals surface area contributed by atoms with Crippen molar-refractivity contribution in [2.75, 3.05) is 24.7 Å². The molecule has 4 nitrogen and oxygen atoms in total. The minimum Gasteiger partial charge on any atom is -0.377 e. The number of anilines is 1. The number of ether oxygens (including phenoxy) is 1. The van der Waals surface area contributed by atoms with Crippen molar-refractivity contribution in [3.63, 3.8) is 0 Å². The van der Waals surface area contributed by atoms with Gasteiger partial charge in [-0.2, -0.15) is 0 Å². The third-order valence-electron chi connectivity index (χ3n) is 3.91. The van der Waals surface area contributed by atoms with Crippen LogP contribution >= 0.6 is 23.4 Å². The molecule has 0 radical (unpaired) electrons. The lowest BCUT2D eigenvalue weighted by atomic mass is 10.2. The Labute approximate surface area is 143 Å². The summed E-state index contributed by atoms with van der Waals surface area (Å²) in [5.74, 6) is 0. The zero-order valence-corrected chi connectivity index (χ0v) is 14.0. The lowest BCUT2D eigenvalue weighted by Gasteiger charge is -2.37. The van der Waals surface area contributed by atoms with Gasteiger partial charge in [0.05, 0.1) is 30.6 Å². The van der Waals surface area contributed by atoms with Crippen molar-refractivity contribution in [3.8, 4) is 0 Å². The number of aromatic amines is 1. The smallest absolute Gasteiger partial charge is 0.103 e. The molecule has 1 N–H and O–H groups in total. The van der Waals surface area contributed by atoms with Crippen LogP contribution in [0.4, 0.5) is 5.69 Å². The number of morpholine rings is 1. The van der Waals surface area contributed by atoms with Crippen molar-refractivity contribution in [1.29, 1.82) is 0 Å². The highest BCUT2D eigenvalue weighted by atomic mass is 35.5. The van der Waals surface area contributed by atoms with Crippen LogP contribution in [0.1, 0.15) is 0 Å². The molecule has 1 saturated heterocycles. The van der Waals surface area contributed by atoms with Gasteiger partial charge in [0, 0.05) is 22.2 Å². The minimum absolute atomic E-state index is 0.241. The second kappa shape index (κ2) is 6.43. The lowest BCUT2D eigenvalue weighted by Crippen LogP contribution is -2.43. The summed E-state index contributed by atoms with van der Waals surface area (Å²) in [6.45, 7) is 2.33. The number of hydrogen-bond acceptors (Lipinski definition) is 4. The number of halogens is 1. The molecule has 1 aliphatic heterocycles. The predicted molar refractivity (Wildman–Crippen MR) is 95.4 cm³/mol. The number of rotatable bonds is 3. The average Bonchev–Trinajstić information content (AvgIpc) is 3.05. The van der Waals surface area contributed by atoms with Gasteiger partial charge in [-0.25, -0.2) is 4.98 Å². The van der Waals surface area contributed by atoms with Crippen LogP contribution < -0.4 is 4.90 Å². The Morgan fingerprint density at radius 2 is 2.09 bits per heavy atom. The highest BCUT2D eigenvalue weighted by molar-refractivity contribution is 8.00. The summed E-state index contributed by atoms with van der Waals surface area (Å²) in [7, 11) is 0. The highest BCUT2D eigenvalue weighted by Gasteiger charge is 2.24. The van der Waals surface area contributed by atoms with Gasteiger partial charge < -0.3 is 14.6 Å². The van der Waals surface area contributed by atoms with E-state index in [4.69, 9.17) is 16.3 Å². The van der Waals surface area contributed by atoms with Crippen LogP contribution in [-0.4, -0.2) is 35.1 Å². The number of H-pyrrole nitrogens is 1. The SMILES string of the molecule is Clc1ccc(SC2COCCN2c2ccc3nc[nH]c3c2)cc1. The van der Waals surface area contributed by atoms with Crippen LogP contribution in [0.5, 0.6) is 0 Å². The molecule has 4 rings (SSSR count). The molecule has 6 heteroatoms. The third kappa shape index (κ3) is 3.17. The van der Waals surface area contributed by atoms with Crippen LogP contribution in [0.3, 0.4) is 0 Å². The van der Waals surface area contributed by atoms with Gasteiger partial charge in [-0.3, -0.25) is 0 Å². The molecular formula is C17H16ClN3OS. The molecule has 0 bridgehead atoms. The Kier molecular flexibility index (Phi) is 4.16. The van der Waals surface area contributed by atoms with Gasteiger partial charge in [-0.05, 0) is 42.5 Å². The molecule has 3 aromatic rings.